The lowest BCUT2D eigenvalue weighted by molar-refractivity contribution is -0.118. The van der Waals surface area contributed by atoms with Gasteiger partial charge in [0, 0.05) is 22.4 Å². The van der Waals surface area contributed by atoms with Crippen LogP contribution in [-0.2, 0) is 11.3 Å². The van der Waals surface area contributed by atoms with Crippen molar-refractivity contribution in [2.24, 2.45) is 0 Å². The highest BCUT2D eigenvalue weighted by atomic mass is 79.9. The number of rotatable bonds is 5. The van der Waals surface area contributed by atoms with Crippen LogP contribution in [0.25, 0.3) is 0 Å². The topological polar surface area (TPSA) is 61.4 Å². The molecule has 110 valence electrons. The number of aryl methyl sites for hydroxylation is 1. The summed E-state index contributed by atoms with van der Waals surface area (Å²) in [5.74, 6) is -0.423. The molecule has 21 heavy (non-hydrogen) atoms. The molecule has 0 saturated heterocycles. The summed E-state index contributed by atoms with van der Waals surface area (Å²) in [5, 5.41) is 14.7. The van der Waals surface area contributed by atoms with E-state index in [4.69, 9.17) is 5.11 Å². The molecule has 2 aromatic rings. The van der Waals surface area contributed by atoms with E-state index in [-0.39, 0.29) is 0 Å². The Morgan fingerprint density at radius 2 is 1.95 bits per heavy atom. The van der Waals surface area contributed by atoms with E-state index in [1.807, 2.05) is 18.2 Å². The fourth-order valence-corrected chi connectivity index (χ4v) is 2.53. The lowest BCUT2D eigenvalue weighted by atomic mass is 10.1. The predicted molar refractivity (Wildman–Crippen MR) is 88.4 cm³/mol. The highest BCUT2D eigenvalue weighted by Crippen LogP contribution is 2.21. The van der Waals surface area contributed by atoms with Gasteiger partial charge in [0.05, 0.1) is 0 Å². The molecular formula is C16H17BrN2O2. The van der Waals surface area contributed by atoms with Gasteiger partial charge >= 0.3 is 0 Å². The first-order chi connectivity index (χ1) is 10.1. The molecule has 4 nitrogen and oxygen atoms in total. The van der Waals surface area contributed by atoms with Crippen LogP contribution < -0.4 is 10.6 Å². The van der Waals surface area contributed by atoms with Gasteiger partial charge in [0.25, 0.3) is 0 Å². The largest absolute Gasteiger partial charge is 0.387 e. The molecule has 0 saturated carbocycles. The first-order valence-electron chi connectivity index (χ1n) is 6.58. The Bertz CT molecular complexity index is 644. The third-order valence-corrected chi connectivity index (χ3v) is 3.72. The van der Waals surface area contributed by atoms with Crippen molar-refractivity contribution in [2.45, 2.75) is 13.5 Å². The van der Waals surface area contributed by atoms with Crippen LogP contribution >= 0.6 is 15.9 Å². The summed E-state index contributed by atoms with van der Waals surface area (Å²) in [7, 11) is 0. The first-order valence-corrected chi connectivity index (χ1v) is 7.37. The number of carbonyl (C=O) groups excluding carboxylic acids is 1. The summed E-state index contributed by atoms with van der Waals surface area (Å²) in [4.78, 5) is 11.2. The molecule has 0 fully saturated rings. The van der Waals surface area contributed by atoms with E-state index in [2.05, 4.69) is 51.7 Å². The number of anilines is 2. The Labute approximate surface area is 132 Å². The van der Waals surface area contributed by atoms with Crippen LogP contribution in [0, 0.1) is 6.92 Å². The lowest BCUT2D eigenvalue weighted by Gasteiger charge is -2.10. The molecule has 0 bridgehead atoms. The van der Waals surface area contributed by atoms with E-state index in [1.54, 1.807) is 6.07 Å². The van der Waals surface area contributed by atoms with Gasteiger partial charge in [0.1, 0.15) is 6.61 Å². The van der Waals surface area contributed by atoms with E-state index in [0.717, 1.165) is 15.7 Å². The number of aliphatic hydroxyl groups is 1. The second kappa shape index (κ2) is 7.24. The minimum atomic E-state index is -0.520. The minimum Gasteiger partial charge on any atom is -0.387 e. The van der Waals surface area contributed by atoms with E-state index in [0.29, 0.717) is 12.2 Å². The van der Waals surface area contributed by atoms with Crippen molar-refractivity contribution in [3.05, 3.63) is 58.1 Å². The van der Waals surface area contributed by atoms with Gasteiger partial charge in [-0.25, -0.2) is 0 Å². The number of hydrogen-bond acceptors (Lipinski definition) is 3. The zero-order valence-electron chi connectivity index (χ0n) is 11.7. The van der Waals surface area contributed by atoms with Gasteiger partial charge in [0.15, 0.2) is 0 Å². The molecule has 0 radical (unpaired) electrons. The number of benzene rings is 2. The molecule has 0 aliphatic heterocycles. The van der Waals surface area contributed by atoms with E-state index < -0.39 is 12.5 Å². The molecule has 0 aromatic heterocycles. The van der Waals surface area contributed by atoms with Gasteiger partial charge in [-0.05, 0) is 42.3 Å². The maximum absolute atomic E-state index is 11.2. The van der Waals surface area contributed by atoms with Gasteiger partial charge in [-0.2, -0.15) is 0 Å². The normalized spacial score (nSPS) is 10.2. The Morgan fingerprint density at radius 3 is 2.67 bits per heavy atom. The van der Waals surface area contributed by atoms with Gasteiger partial charge in [0.2, 0.25) is 5.91 Å². The summed E-state index contributed by atoms with van der Waals surface area (Å²) >= 11 is 3.55. The fourth-order valence-electron chi connectivity index (χ4n) is 1.90. The fraction of sp³-hybridized carbons (Fsp3) is 0.188. The van der Waals surface area contributed by atoms with Crippen LogP contribution in [0.4, 0.5) is 11.4 Å². The molecule has 2 rings (SSSR count). The highest BCUT2D eigenvalue weighted by molar-refractivity contribution is 9.10. The van der Waals surface area contributed by atoms with E-state index >= 15 is 0 Å². The quantitative estimate of drug-likeness (QED) is 0.776. The molecule has 0 heterocycles. The number of nitrogens with one attached hydrogen (secondary N) is 2. The SMILES string of the molecule is Cc1ccc(CNc2cccc(NC(=O)CO)c2)c(Br)c1. The van der Waals surface area contributed by atoms with Crippen molar-refractivity contribution in [3.8, 4) is 0 Å². The van der Waals surface area contributed by atoms with Crippen molar-refractivity contribution in [1.82, 2.24) is 0 Å². The van der Waals surface area contributed by atoms with E-state index in [1.165, 1.54) is 5.56 Å². The average Bonchev–Trinajstić information content (AvgIpc) is 2.46. The number of carbonyl (C=O) groups is 1. The maximum Gasteiger partial charge on any atom is 0.250 e. The van der Waals surface area contributed by atoms with Crippen molar-refractivity contribution in [2.75, 3.05) is 17.2 Å². The summed E-state index contributed by atoms with van der Waals surface area (Å²) < 4.78 is 1.07. The van der Waals surface area contributed by atoms with Crippen LogP contribution in [0.3, 0.4) is 0 Å². The summed E-state index contributed by atoms with van der Waals surface area (Å²) in [6, 6.07) is 13.6. The molecule has 0 aliphatic rings. The zero-order valence-corrected chi connectivity index (χ0v) is 13.3. The van der Waals surface area contributed by atoms with Crippen LogP contribution in [-0.4, -0.2) is 17.6 Å². The summed E-state index contributed by atoms with van der Waals surface area (Å²) in [6.07, 6.45) is 0. The van der Waals surface area contributed by atoms with Crippen molar-refractivity contribution >= 4 is 33.2 Å². The summed E-state index contributed by atoms with van der Waals surface area (Å²) in [6.45, 7) is 2.21. The van der Waals surface area contributed by atoms with Gasteiger partial charge in [-0.1, -0.05) is 34.1 Å². The van der Waals surface area contributed by atoms with Gasteiger partial charge < -0.3 is 15.7 Å². The third kappa shape index (κ3) is 4.58. The van der Waals surface area contributed by atoms with E-state index in [9.17, 15) is 4.79 Å². The number of hydrogen-bond donors (Lipinski definition) is 3. The van der Waals surface area contributed by atoms with Crippen LogP contribution in [0.15, 0.2) is 46.9 Å². The predicted octanol–water partition coefficient (Wildman–Crippen LogP) is 3.30. The number of halogens is 1. The zero-order chi connectivity index (χ0) is 15.2. The lowest BCUT2D eigenvalue weighted by Crippen LogP contribution is -2.15. The van der Waals surface area contributed by atoms with Crippen molar-refractivity contribution in [3.63, 3.8) is 0 Å². The Kier molecular flexibility index (Phi) is 5.36. The first kappa shape index (κ1) is 15.5. The minimum absolute atomic E-state index is 0.423. The molecule has 5 heteroatoms. The van der Waals surface area contributed by atoms with Crippen LogP contribution in [0.5, 0.6) is 0 Å². The molecule has 0 aliphatic carbocycles. The maximum atomic E-state index is 11.2. The van der Waals surface area contributed by atoms with Crippen LogP contribution in [0.1, 0.15) is 11.1 Å². The Morgan fingerprint density at radius 1 is 1.19 bits per heavy atom. The molecule has 1 amide bonds. The standard InChI is InChI=1S/C16H17BrN2O2/c1-11-5-6-12(15(17)7-11)9-18-13-3-2-4-14(8-13)19-16(21)10-20/h2-8,18,20H,9-10H2,1H3,(H,19,21). The van der Waals surface area contributed by atoms with Gasteiger partial charge in [-0.15, -0.1) is 0 Å². The second-order valence-electron chi connectivity index (χ2n) is 4.74. The third-order valence-electron chi connectivity index (χ3n) is 2.98. The second-order valence-corrected chi connectivity index (χ2v) is 5.59. The average molecular weight is 349 g/mol. The molecule has 0 atom stereocenters. The molecule has 2 aromatic carbocycles. The molecule has 3 N–H and O–H groups in total. The molecule has 0 unspecified atom stereocenters. The van der Waals surface area contributed by atoms with Crippen LogP contribution in [0.2, 0.25) is 0 Å². The van der Waals surface area contributed by atoms with Crippen molar-refractivity contribution in [1.29, 1.82) is 0 Å². The highest BCUT2D eigenvalue weighted by Gasteiger charge is 2.03. The van der Waals surface area contributed by atoms with Crippen molar-refractivity contribution < 1.29 is 9.90 Å². The monoisotopic (exact) mass is 348 g/mol. The van der Waals surface area contributed by atoms with Gasteiger partial charge in [-0.3, -0.25) is 4.79 Å². The summed E-state index contributed by atoms with van der Waals surface area (Å²) in [5.41, 5.74) is 3.92. The smallest absolute Gasteiger partial charge is 0.250 e. The Balaban J connectivity index is 2.03. The molecule has 0 spiro atoms. The number of aliphatic hydroxyl groups excluding tert-OH is 1. The molecular weight excluding hydrogens is 332 g/mol. The number of amides is 1. The Hall–Kier alpha value is -1.85.